The molecule has 1 aromatic carbocycles. The van der Waals surface area contributed by atoms with Gasteiger partial charge in [-0.15, -0.1) is 15.3 Å². The zero-order valence-electron chi connectivity index (χ0n) is 11.1. The maximum absolute atomic E-state index is 11.8. The number of nitrogens with one attached hydrogen (secondary N) is 2. The Bertz CT molecular complexity index is 733. The van der Waals surface area contributed by atoms with Gasteiger partial charge in [0.2, 0.25) is 5.82 Å². The first kappa shape index (κ1) is 12.9. The van der Waals surface area contributed by atoms with E-state index in [1.165, 1.54) is 0 Å². The zero-order valence-corrected chi connectivity index (χ0v) is 11.1. The van der Waals surface area contributed by atoms with E-state index in [2.05, 4.69) is 36.0 Å². The molecule has 3 aromatic rings. The Morgan fingerprint density at radius 3 is 2.52 bits per heavy atom. The minimum atomic E-state index is -0.511. The average Bonchev–Trinajstić information content (AvgIpc) is 3.19. The smallest absolute Gasteiger partial charge is 0.361 e. The predicted octanol–water partition coefficient (Wildman–Crippen LogP) is 0.828. The predicted molar refractivity (Wildman–Crippen MR) is 70.9 cm³/mol. The fraction of sp³-hybridized carbons (Fsp3) is 0.167. The van der Waals surface area contributed by atoms with Crippen molar-refractivity contribution >= 4 is 5.97 Å². The Hall–Kier alpha value is -3.10. The van der Waals surface area contributed by atoms with Crippen molar-refractivity contribution in [3.8, 4) is 22.6 Å². The van der Waals surface area contributed by atoms with Gasteiger partial charge in [-0.3, -0.25) is 0 Å². The molecule has 106 valence electrons. The highest BCUT2D eigenvalue weighted by atomic mass is 16.5. The van der Waals surface area contributed by atoms with Crippen LogP contribution in [0.1, 0.15) is 17.4 Å². The maximum Gasteiger partial charge on any atom is 0.361 e. The fourth-order valence-corrected chi connectivity index (χ4v) is 1.84. The highest BCUT2D eigenvalue weighted by Gasteiger charge is 2.19. The van der Waals surface area contributed by atoms with E-state index in [1.54, 1.807) is 19.1 Å². The van der Waals surface area contributed by atoms with Gasteiger partial charge in [0, 0.05) is 11.1 Å². The number of ether oxygens (including phenoxy) is 1. The van der Waals surface area contributed by atoms with Crippen LogP contribution in [0.2, 0.25) is 0 Å². The van der Waals surface area contributed by atoms with Gasteiger partial charge >= 0.3 is 5.97 Å². The van der Waals surface area contributed by atoms with Crippen LogP contribution in [-0.2, 0) is 4.74 Å². The van der Waals surface area contributed by atoms with Crippen molar-refractivity contribution in [3.63, 3.8) is 0 Å². The number of rotatable bonds is 4. The molecule has 0 bridgehead atoms. The molecule has 9 nitrogen and oxygen atoms in total. The number of esters is 1. The maximum atomic E-state index is 11.8. The second-order valence-electron chi connectivity index (χ2n) is 4.05. The molecule has 0 fully saturated rings. The van der Waals surface area contributed by atoms with Crippen molar-refractivity contribution in [2.75, 3.05) is 6.61 Å². The molecule has 0 aliphatic heterocycles. The zero-order chi connectivity index (χ0) is 14.7. The number of aromatic amines is 2. The largest absolute Gasteiger partial charge is 0.461 e. The van der Waals surface area contributed by atoms with E-state index in [4.69, 9.17) is 4.74 Å². The van der Waals surface area contributed by atoms with E-state index in [0.717, 1.165) is 11.1 Å². The number of carbonyl (C=O) groups excluding carboxylic acids is 1. The number of H-pyrrole nitrogens is 2. The molecule has 0 radical (unpaired) electrons. The molecule has 0 atom stereocenters. The fourth-order valence-electron chi connectivity index (χ4n) is 1.84. The summed E-state index contributed by atoms with van der Waals surface area (Å²) in [4.78, 5) is 11.8. The molecule has 2 N–H and O–H groups in total. The van der Waals surface area contributed by atoms with E-state index in [0.29, 0.717) is 11.5 Å². The van der Waals surface area contributed by atoms with Gasteiger partial charge in [-0.1, -0.05) is 24.3 Å². The molecule has 0 aliphatic rings. The lowest BCUT2D eigenvalue weighted by molar-refractivity contribution is 0.0520. The molecular formula is C12H11N7O2. The summed E-state index contributed by atoms with van der Waals surface area (Å²) >= 11 is 0. The summed E-state index contributed by atoms with van der Waals surface area (Å²) in [6.45, 7) is 2.01. The van der Waals surface area contributed by atoms with Crippen LogP contribution in [0.3, 0.4) is 0 Å². The highest BCUT2D eigenvalue weighted by molar-refractivity contribution is 5.93. The molecule has 2 aromatic heterocycles. The summed E-state index contributed by atoms with van der Waals surface area (Å²) in [6.07, 6.45) is 0. The van der Waals surface area contributed by atoms with Crippen molar-refractivity contribution < 1.29 is 9.53 Å². The van der Waals surface area contributed by atoms with E-state index in [9.17, 15) is 4.79 Å². The molecule has 0 amide bonds. The van der Waals surface area contributed by atoms with E-state index in [-0.39, 0.29) is 12.3 Å². The Kier molecular flexibility index (Phi) is 3.37. The van der Waals surface area contributed by atoms with E-state index < -0.39 is 5.97 Å². The SMILES string of the molecule is CCOC(=O)c1n[nH]nc1-c1ccc(-c2nn[nH]n2)cc1. The van der Waals surface area contributed by atoms with Crippen LogP contribution in [0, 0.1) is 0 Å². The second kappa shape index (κ2) is 5.49. The number of aromatic nitrogens is 7. The average molecular weight is 285 g/mol. The van der Waals surface area contributed by atoms with Crippen LogP contribution in [0.5, 0.6) is 0 Å². The van der Waals surface area contributed by atoms with Crippen molar-refractivity contribution in [1.82, 2.24) is 36.0 Å². The lowest BCUT2D eigenvalue weighted by Gasteiger charge is -2.02. The van der Waals surface area contributed by atoms with Gasteiger partial charge in [-0.25, -0.2) is 4.79 Å². The standard InChI is InChI=1S/C12H11N7O2/c1-2-21-12(20)10-9(13-17-14-10)7-3-5-8(6-4-7)11-15-18-19-16-11/h3-6H,2H2,1H3,(H,13,14,17)(H,15,16,18,19). The van der Waals surface area contributed by atoms with Crippen LogP contribution < -0.4 is 0 Å². The molecule has 2 heterocycles. The van der Waals surface area contributed by atoms with Crippen molar-refractivity contribution in [3.05, 3.63) is 30.0 Å². The summed E-state index contributed by atoms with van der Waals surface area (Å²) < 4.78 is 4.94. The third kappa shape index (κ3) is 2.48. The van der Waals surface area contributed by atoms with E-state index >= 15 is 0 Å². The Morgan fingerprint density at radius 2 is 1.86 bits per heavy atom. The molecule has 21 heavy (non-hydrogen) atoms. The molecule has 0 aliphatic carbocycles. The van der Waals surface area contributed by atoms with Crippen LogP contribution in [0.4, 0.5) is 0 Å². The van der Waals surface area contributed by atoms with Gasteiger partial charge in [0.15, 0.2) is 5.69 Å². The van der Waals surface area contributed by atoms with Gasteiger partial charge < -0.3 is 4.74 Å². The van der Waals surface area contributed by atoms with Crippen LogP contribution >= 0.6 is 0 Å². The molecule has 0 spiro atoms. The lowest BCUT2D eigenvalue weighted by atomic mass is 10.1. The molecule has 0 saturated carbocycles. The van der Waals surface area contributed by atoms with Crippen molar-refractivity contribution in [1.29, 1.82) is 0 Å². The third-order valence-electron chi connectivity index (χ3n) is 2.78. The van der Waals surface area contributed by atoms with E-state index in [1.807, 2.05) is 12.1 Å². The molecule has 0 saturated heterocycles. The number of hydrogen-bond donors (Lipinski definition) is 2. The number of hydrogen-bond acceptors (Lipinski definition) is 7. The van der Waals surface area contributed by atoms with Crippen LogP contribution in [0.15, 0.2) is 24.3 Å². The molecule has 0 unspecified atom stereocenters. The number of benzene rings is 1. The highest BCUT2D eigenvalue weighted by Crippen LogP contribution is 2.23. The van der Waals surface area contributed by atoms with Gasteiger partial charge in [0.1, 0.15) is 5.69 Å². The first-order valence-corrected chi connectivity index (χ1v) is 6.21. The topological polar surface area (TPSA) is 122 Å². The molecule has 9 heteroatoms. The van der Waals surface area contributed by atoms with Crippen LogP contribution in [0.25, 0.3) is 22.6 Å². The molecular weight excluding hydrogens is 274 g/mol. The van der Waals surface area contributed by atoms with Gasteiger partial charge in [-0.05, 0) is 12.1 Å². The second-order valence-corrected chi connectivity index (χ2v) is 4.05. The van der Waals surface area contributed by atoms with Crippen LogP contribution in [-0.4, -0.2) is 48.6 Å². The number of carbonyl (C=O) groups is 1. The summed E-state index contributed by atoms with van der Waals surface area (Å²) in [5, 5.41) is 23.9. The number of nitrogens with zero attached hydrogens (tertiary/aromatic N) is 5. The van der Waals surface area contributed by atoms with Gasteiger partial charge in [0.05, 0.1) is 6.61 Å². The minimum Gasteiger partial charge on any atom is -0.461 e. The first-order chi connectivity index (χ1) is 10.3. The van der Waals surface area contributed by atoms with Crippen molar-refractivity contribution in [2.24, 2.45) is 0 Å². The monoisotopic (exact) mass is 285 g/mol. The summed E-state index contributed by atoms with van der Waals surface area (Å²) in [6, 6.07) is 7.21. The lowest BCUT2D eigenvalue weighted by Crippen LogP contribution is -2.06. The molecule has 3 rings (SSSR count). The normalized spacial score (nSPS) is 10.5. The summed E-state index contributed by atoms with van der Waals surface area (Å²) in [5.74, 6) is -0.0178. The first-order valence-electron chi connectivity index (χ1n) is 6.21. The summed E-state index contributed by atoms with van der Waals surface area (Å²) in [7, 11) is 0. The van der Waals surface area contributed by atoms with Gasteiger partial charge in [-0.2, -0.15) is 15.5 Å². The summed E-state index contributed by atoms with van der Waals surface area (Å²) in [5.41, 5.74) is 2.13. The Balaban J connectivity index is 1.91. The van der Waals surface area contributed by atoms with Gasteiger partial charge in [0.25, 0.3) is 0 Å². The Morgan fingerprint density at radius 1 is 1.10 bits per heavy atom. The minimum absolute atomic E-state index is 0.157. The quantitative estimate of drug-likeness (QED) is 0.680. The Labute approximate surface area is 118 Å². The number of tetrazole rings is 1. The third-order valence-corrected chi connectivity index (χ3v) is 2.78. The van der Waals surface area contributed by atoms with Crippen molar-refractivity contribution in [2.45, 2.75) is 6.92 Å².